The van der Waals surface area contributed by atoms with Crippen LogP contribution in [0.4, 0.5) is 13.2 Å². The van der Waals surface area contributed by atoms with Gasteiger partial charge in [0, 0.05) is 10.8 Å². The maximum absolute atomic E-state index is 15.8. The number of alkyl halides is 3. The van der Waals surface area contributed by atoms with Crippen molar-refractivity contribution in [3.63, 3.8) is 0 Å². The number of hydrogen-bond donors (Lipinski definition) is 0. The van der Waals surface area contributed by atoms with Gasteiger partial charge in [0.05, 0.1) is 0 Å². The molecule has 0 N–H and O–H groups in total. The van der Waals surface area contributed by atoms with Crippen LogP contribution in [-0.4, -0.2) is 6.18 Å². The zero-order valence-corrected chi connectivity index (χ0v) is 37.2. The van der Waals surface area contributed by atoms with Crippen molar-refractivity contribution < 1.29 is 13.2 Å². The Balaban J connectivity index is 0.936. The third-order valence-corrected chi connectivity index (χ3v) is 14.9. The van der Waals surface area contributed by atoms with Crippen molar-refractivity contribution in [1.29, 1.82) is 0 Å². The summed E-state index contributed by atoms with van der Waals surface area (Å²) < 4.78 is 47.3. The van der Waals surface area contributed by atoms with Crippen LogP contribution in [0.25, 0.3) is 67.3 Å². The summed E-state index contributed by atoms with van der Waals surface area (Å²) in [5.41, 5.74) is 18.3. The monoisotopic (exact) mass is 830 g/mol. The molecule has 3 aliphatic carbocycles. The number of halogens is 3. The van der Waals surface area contributed by atoms with Crippen LogP contribution in [0.2, 0.25) is 0 Å². The molecule has 7 aromatic carbocycles. The minimum atomic E-state index is -4.52. The number of fused-ring (bicyclic) bond motifs is 9. The molecule has 0 amide bonds. The van der Waals surface area contributed by atoms with Crippen LogP contribution in [0.5, 0.6) is 0 Å². The van der Waals surface area contributed by atoms with Crippen molar-refractivity contribution in [2.75, 3.05) is 0 Å². The average Bonchev–Trinajstić information content (AvgIpc) is 3.77. The van der Waals surface area contributed by atoms with E-state index in [1.54, 1.807) is 12.1 Å². The summed E-state index contributed by atoms with van der Waals surface area (Å²) in [4.78, 5) is 0. The fourth-order valence-corrected chi connectivity index (χ4v) is 11.0. The molecule has 0 saturated heterocycles. The lowest BCUT2D eigenvalue weighted by molar-refractivity contribution is -0.172. The number of aryl methyl sites for hydroxylation is 2. The molecule has 314 valence electrons. The highest BCUT2D eigenvalue weighted by Crippen LogP contribution is 2.58. The van der Waals surface area contributed by atoms with Crippen LogP contribution in [-0.2, 0) is 29.1 Å². The molecule has 0 aliphatic heterocycles. The van der Waals surface area contributed by atoms with E-state index in [9.17, 15) is 0 Å². The van der Waals surface area contributed by atoms with Crippen molar-refractivity contribution in [2.45, 2.75) is 89.6 Å². The Labute approximate surface area is 370 Å². The van der Waals surface area contributed by atoms with Crippen molar-refractivity contribution in [1.82, 2.24) is 0 Å². The highest BCUT2D eigenvalue weighted by atomic mass is 19.4. The first kappa shape index (κ1) is 40.9. The third kappa shape index (κ3) is 6.33. The summed E-state index contributed by atoms with van der Waals surface area (Å²) >= 11 is 0. The van der Waals surface area contributed by atoms with E-state index in [2.05, 4.69) is 138 Å². The quantitative estimate of drug-likeness (QED) is 0.127. The number of unbranched alkanes of at least 4 members (excludes halogenated alkanes) is 1. The highest BCUT2D eigenvalue weighted by molar-refractivity contribution is 5.90. The molecule has 0 saturated carbocycles. The second kappa shape index (κ2) is 14.4. The molecule has 0 heterocycles. The van der Waals surface area contributed by atoms with E-state index in [0.717, 1.165) is 64.6 Å². The average molecular weight is 831 g/mol. The van der Waals surface area contributed by atoms with Gasteiger partial charge in [0.25, 0.3) is 0 Å². The summed E-state index contributed by atoms with van der Waals surface area (Å²) in [6, 6.07) is 46.3. The lowest BCUT2D eigenvalue weighted by Gasteiger charge is -2.30. The van der Waals surface area contributed by atoms with Gasteiger partial charge >= 0.3 is 6.18 Å². The minimum absolute atomic E-state index is 0.253. The van der Waals surface area contributed by atoms with E-state index in [1.807, 2.05) is 37.3 Å². The van der Waals surface area contributed by atoms with E-state index in [0.29, 0.717) is 22.3 Å². The van der Waals surface area contributed by atoms with Gasteiger partial charge in [-0.25, -0.2) is 0 Å². The van der Waals surface area contributed by atoms with Crippen molar-refractivity contribution in [3.05, 3.63) is 202 Å². The van der Waals surface area contributed by atoms with Gasteiger partial charge in [0.15, 0.2) is 0 Å². The van der Waals surface area contributed by atoms with Crippen LogP contribution < -0.4 is 0 Å². The van der Waals surface area contributed by atoms with Gasteiger partial charge in [0.2, 0.25) is 0 Å². The minimum Gasteiger partial charge on any atom is -0.170 e. The Morgan fingerprint density at radius 2 is 0.841 bits per heavy atom. The highest BCUT2D eigenvalue weighted by Gasteiger charge is 2.58. The lowest BCUT2D eigenvalue weighted by Crippen LogP contribution is -2.38. The van der Waals surface area contributed by atoms with Crippen molar-refractivity contribution >= 4 is 11.6 Å². The van der Waals surface area contributed by atoms with Crippen molar-refractivity contribution in [3.8, 4) is 55.6 Å². The molecule has 0 radical (unpaired) electrons. The largest absolute Gasteiger partial charge is 0.402 e. The predicted molar refractivity (Wildman–Crippen MR) is 258 cm³/mol. The van der Waals surface area contributed by atoms with E-state index in [1.165, 1.54) is 62.6 Å². The Kier molecular flexibility index (Phi) is 9.35. The number of allylic oxidation sites excluding steroid dienone is 1. The molecule has 10 rings (SSSR count). The maximum atomic E-state index is 15.8. The number of benzene rings is 7. The fourth-order valence-electron chi connectivity index (χ4n) is 11.0. The first-order valence-electron chi connectivity index (χ1n) is 22.3. The van der Waals surface area contributed by atoms with Gasteiger partial charge in [-0.15, -0.1) is 0 Å². The third-order valence-electron chi connectivity index (χ3n) is 14.9. The zero-order chi connectivity index (χ0) is 44.2. The van der Waals surface area contributed by atoms with E-state index in [4.69, 9.17) is 0 Å². The molecule has 0 nitrogen and oxygen atoms in total. The Hall–Kier alpha value is -6.19. The standard InChI is InChI=1S/C60H53F3/c1-9-37-14-16-38(17-15-37)12-10-11-13-39-18-24-45-47-26-20-41(32-53(47)57(4,5)51(45)30-39)43-22-28-49-50-29-23-44(35-56(50)59(8,55(49)34-43)60(61,62)63)42-21-27-48-46-25-19-40(36(2)3)31-52(46)58(6,7)54(48)33-42/h9,14-35H,1-2,10-13H2,3-8H3. The van der Waals surface area contributed by atoms with Crippen molar-refractivity contribution in [2.24, 2.45) is 0 Å². The predicted octanol–water partition coefficient (Wildman–Crippen LogP) is 16.7. The maximum Gasteiger partial charge on any atom is 0.402 e. The first-order valence-corrected chi connectivity index (χ1v) is 22.3. The van der Waals surface area contributed by atoms with E-state index in [-0.39, 0.29) is 10.8 Å². The molecule has 0 bridgehead atoms. The molecular weight excluding hydrogens is 778 g/mol. The Morgan fingerprint density at radius 1 is 0.476 bits per heavy atom. The molecule has 0 aromatic heterocycles. The van der Waals surface area contributed by atoms with Crippen LogP contribution in [0.15, 0.2) is 147 Å². The topological polar surface area (TPSA) is 0 Å². The van der Waals surface area contributed by atoms with Crippen LogP contribution in [0, 0.1) is 0 Å². The van der Waals surface area contributed by atoms with Gasteiger partial charge < -0.3 is 0 Å². The summed E-state index contributed by atoms with van der Waals surface area (Å²) in [7, 11) is 0. The van der Waals surface area contributed by atoms with Gasteiger partial charge in [-0.2, -0.15) is 13.2 Å². The van der Waals surface area contributed by atoms with Gasteiger partial charge in [-0.05, 0) is 175 Å². The van der Waals surface area contributed by atoms with Crippen LogP contribution in [0.3, 0.4) is 0 Å². The zero-order valence-electron chi connectivity index (χ0n) is 37.2. The normalized spacial score (nSPS) is 17.0. The Bertz CT molecular complexity index is 3040. The van der Waals surface area contributed by atoms with Gasteiger partial charge in [-0.1, -0.05) is 162 Å². The summed E-state index contributed by atoms with van der Waals surface area (Å²) in [5.74, 6) is 0. The summed E-state index contributed by atoms with van der Waals surface area (Å²) in [6.45, 7) is 20.4. The molecule has 7 aromatic rings. The smallest absolute Gasteiger partial charge is 0.170 e. The second-order valence-corrected chi connectivity index (χ2v) is 19.5. The molecule has 1 atom stereocenters. The lowest BCUT2D eigenvalue weighted by atomic mass is 9.77. The summed E-state index contributed by atoms with van der Waals surface area (Å²) in [5, 5.41) is 0. The van der Waals surface area contributed by atoms with E-state index < -0.39 is 11.6 Å². The first-order chi connectivity index (χ1) is 30.0. The molecular formula is C60H53F3. The van der Waals surface area contributed by atoms with Crippen LogP contribution in [0.1, 0.15) is 110 Å². The molecule has 1 unspecified atom stereocenters. The molecule has 0 fully saturated rings. The van der Waals surface area contributed by atoms with Gasteiger partial charge in [-0.3, -0.25) is 0 Å². The second-order valence-electron chi connectivity index (χ2n) is 19.5. The summed E-state index contributed by atoms with van der Waals surface area (Å²) in [6.07, 6.45) is 1.66. The van der Waals surface area contributed by atoms with Gasteiger partial charge in [0.1, 0.15) is 5.41 Å². The fraction of sp³-hybridized carbons (Fsp3) is 0.233. The number of rotatable bonds is 9. The SMILES string of the molecule is C=Cc1ccc(CCCCc2ccc3c(c2)C(C)(C)c2cc(-c4ccc5c(c4)C(C)(C(F)(F)F)c4cc(-c6ccc7c(c6)C(C)(C)c6cc(C(=C)C)ccc6-7)ccc4-5)ccc2-3)cc1. The Morgan fingerprint density at radius 3 is 1.29 bits per heavy atom. The molecule has 63 heavy (non-hydrogen) atoms. The molecule has 3 heteroatoms. The number of hydrogen-bond acceptors (Lipinski definition) is 0. The van der Waals surface area contributed by atoms with Crippen LogP contribution >= 0.6 is 0 Å². The van der Waals surface area contributed by atoms with E-state index >= 15 is 13.2 Å². The molecule has 3 aliphatic rings. The molecule has 0 spiro atoms.